The minimum absolute atomic E-state index is 0.487. The predicted molar refractivity (Wildman–Crippen MR) is 147 cm³/mol. The molecule has 38 heavy (non-hydrogen) atoms. The van der Waals surface area contributed by atoms with Crippen LogP contribution in [0.4, 0.5) is 11.5 Å². The molecule has 0 unspecified atom stereocenters. The number of nitrogens with zero attached hydrogens (tertiary/aromatic N) is 2. The zero-order valence-electron chi connectivity index (χ0n) is 21.3. The highest BCUT2D eigenvalue weighted by molar-refractivity contribution is 5.85. The Morgan fingerprint density at radius 2 is 1.63 bits per heavy atom. The lowest BCUT2D eigenvalue weighted by Gasteiger charge is -2.11. The number of aliphatic carboxylic acids is 1. The van der Waals surface area contributed by atoms with E-state index in [1.807, 2.05) is 73.7 Å². The van der Waals surface area contributed by atoms with E-state index in [9.17, 15) is 9.90 Å². The van der Waals surface area contributed by atoms with Crippen molar-refractivity contribution in [1.29, 1.82) is 0 Å². The molecule has 2 aromatic carbocycles. The van der Waals surface area contributed by atoms with Crippen LogP contribution in [-0.4, -0.2) is 21.2 Å². The molecule has 0 radical (unpaired) electrons. The molecular weight excluding hydrogens is 474 g/mol. The summed E-state index contributed by atoms with van der Waals surface area (Å²) in [4.78, 5) is 16.3. The number of carboxylic acid groups (broad SMARTS) is 1. The molecule has 4 aromatic rings. The third-order valence-corrected chi connectivity index (χ3v) is 7.70. The van der Waals surface area contributed by atoms with E-state index < -0.39 is 11.4 Å². The van der Waals surface area contributed by atoms with Gasteiger partial charge < -0.3 is 14.9 Å². The van der Waals surface area contributed by atoms with Gasteiger partial charge in [0.15, 0.2) is 5.76 Å². The van der Waals surface area contributed by atoms with Crippen molar-refractivity contribution in [3.63, 3.8) is 0 Å². The van der Waals surface area contributed by atoms with E-state index in [0.29, 0.717) is 30.3 Å². The number of anilines is 2. The highest BCUT2D eigenvalue weighted by atomic mass is 16.5. The Bertz CT molecular complexity index is 1530. The van der Waals surface area contributed by atoms with Gasteiger partial charge in [0.05, 0.1) is 5.41 Å². The molecule has 0 amide bonds. The number of carboxylic acids is 1. The molecule has 0 bridgehead atoms. The maximum atomic E-state index is 11.6. The summed E-state index contributed by atoms with van der Waals surface area (Å²) in [5.74, 6) is 7.70. The van der Waals surface area contributed by atoms with Crippen LogP contribution in [0.15, 0.2) is 71.3 Å². The number of aryl methyl sites for hydroxylation is 1. The van der Waals surface area contributed by atoms with Crippen LogP contribution in [0.1, 0.15) is 55.5 Å². The van der Waals surface area contributed by atoms with Crippen molar-refractivity contribution in [2.75, 3.05) is 5.32 Å². The van der Waals surface area contributed by atoms with E-state index in [0.717, 1.165) is 39.3 Å². The number of benzene rings is 2. The minimum atomic E-state index is -0.736. The van der Waals surface area contributed by atoms with Gasteiger partial charge in [-0.05, 0) is 67.4 Å². The van der Waals surface area contributed by atoms with Crippen LogP contribution in [0.25, 0.3) is 22.5 Å². The first-order valence-electron chi connectivity index (χ1n) is 13.2. The Morgan fingerprint density at radius 3 is 2.29 bits per heavy atom. The van der Waals surface area contributed by atoms with E-state index in [2.05, 4.69) is 27.3 Å². The Hall–Kier alpha value is -4.37. The van der Waals surface area contributed by atoms with Crippen LogP contribution >= 0.6 is 0 Å². The topological polar surface area (TPSA) is 88.2 Å². The summed E-state index contributed by atoms with van der Waals surface area (Å²) >= 11 is 0. The fourth-order valence-corrected chi connectivity index (χ4v) is 5.21. The van der Waals surface area contributed by atoms with Crippen molar-refractivity contribution in [3.05, 3.63) is 83.7 Å². The lowest BCUT2D eigenvalue weighted by atomic mass is 9.93. The summed E-state index contributed by atoms with van der Waals surface area (Å²) in [5.41, 5.74) is 5.44. The van der Waals surface area contributed by atoms with E-state index >= 15 is 0 Å². The van der Waals surface area contributed by atoms with Gasteiger partial charge in [-0.1, -0.05) is 78.5 Å². The number of nitrogens with one attached hydrogen (secondary N) is 1. The van der Waals surface area contributed by atoms with E-state index in [1.165, 1.54) is 25.7 Å². The summed E-state index contributed by atoms with van der Waals surface area (Å²) in [5, 5.41) is 17.1. The van der Waals surface area contributed by atoms with Crippen LogP contribution in [0.3, 0.4) is 0 Å². The molecule has 190 valence electrons. The van der Waals surface area contributed by atoms with Crippen molar-refractivity contribution in [3.8, 4) is 34.3 Å². The summed E-state index contributed by atoms with van der Waals surface area (Å²) in [7, 11) is 0. The van der Waals surface area contributed by atoms with Crippen molar-refractivity contribution >= 4 is 17.5 Å². The van der Waals surface area contributed by atoms with Crippen LogP contribution in [0.2, 0.25) is 0 Å². The summed E-state index contributed by atoms with van der Waals surface area (Å²) in [6, 6.07) is 21.7. The van der Waals surface area contributed by atoms with Crippen molar-refractivity contribution in [2.45, 2.75) is 50.9 Å². The molecule has 2 N–H and O–H groups in total. The Kier molecular flexibility index (Phi) is 6.21. The highest BCUT2D eigenvalue weighted by Crippen LogP contribution is 2.48. The molecule has 0 atom stereocenters. The second-order valence-corrected chi connectivity index (χ2v) is 10.3. The fourth-order valence-electron chi connectivity index (χ4n) is 5.21. The third kappa shape index (κ3) is 4.68. The van der Waals surface area contributed by atoms with E-state index in [-0.39, 0.29) is 0 Å². The minimum Gasteiger partial charge on any atom is -0.481 e. The predicted octanol–water partition coefficient (Wildman–Crippen LogP) is 7.11. The average molecular weight is 504 g/mol. The number of carbonyl (C=O) groups is 1. The van der Waals surface area contributed by atoms with Gasteiger partial charge in [0, 0.05) is 11.5 Å². The first-order chi connectivity index (χ1) is 18.5. The third-order valence-electron chi connectivity index (χ3n) is 7.70. The van der Waals surface area contributed by atoms with Gasteiger partial charge >= 0.3 is 5.97 Å². The van der Waals surface area contributed by atoms with E-state index in [1.54, 1.807) is 0 Å². The lowest BCUT2D eigenvalue weighted by Crippen LogP contribution is -2.19. The Labute approximate surface area is 222 Å². The molecule has 2 aromatic heterocycles. The number of rotatable bonds is 6. The quantitative estimate of drug-likeness (QED) is 0.273. The highest BCUT2D eigenvalue weighted by Gasteiger charge is 2.51. The zero-order chi connectivity index (χ0) is 26.1. The van der Waals surface area contributed by atoms with E-state index in [4.69, 9.17) is 4.52 Å². The van der Waals surface area contributed by atoms with Gasteiger partial charge in [0.2, 0.25) is 0 Å². The fraction of sp³-hybridized carbons (Fsp3) is 0.281. The van der Waals surface area contributed by atoms with Gasteiger partial charge in [0.1, 0.15) is 22.9 Å². The first kappa shape index (κ1) is 24.0. The largest absolute Gasteiger partial charge is 0.481 e. The van der Waals surface area contributed by atoms with Gasteiger partial charge in [0.25, 0.3) is 0 Å². The number of pyridine rings is 1. The molecule has 2 fully saturated rings. The molecule has 6 nitrogen and oxygen atoms in total. The molecule has 6 heteroatoms. The number of aromatic nitrogens is 2. The van der Waals surface area contributed by atoms with Gasteiger partial charge in [-0.25, -0.2) is 4.98 Å². The van der Waals surface area contributed by atoms with Crippen LogP contribution in [0, 0.1) is 24.7 Å². The van der Waals surface area contributed by atoms with Crippen molar-refractivity contribution in [2.24, 2.45) is 5.92 Å². The van der Waals surface area contributed by atoms with Crippen LogP contribution < -0.4 is 5.32 Å². The monoisotopic (exact) mass is 503 g/mol. The molecule has 2 aliphatic rings. The molecule has 2 aliphatic carbocycles. The summed E-state index contributed by atoms with van der Waals surface area (Å²) in [6.07, 6.45) is 6.32. The smallest absolute Gasteiger partial charge is 0.314 e. The Balaban J connectivity index is 1.20. The Morgan fingerprint density at radius 1 is 0.974 bits per heavy atom. The number of hydrogen-bond acceptors (Lipinski definition) is 5. The van der Waals surface area contributed by atoms with Crippen molar-refractivity contribution < 1.29 is 14.4 Å². The zero-order valence-corrected chi connectivity index (χ0v) is 21.3. The normalized spacial score (nSPS) is 16.0. The number of hydrogen-bond donors (Lipinski definition) is 2. The summed E-state index contributed by atoms with van der Waals surface area (Å²) in [6.45, 7) is 1.90. The molecule has 0 spiro atoms. The molecular formula is C32H29N3O3. The van der Waals surface area contributed by atoms with Gasteiger partial charge in [-0.2, -0.15) is 0 Å². The molecule has 6 rings (SSSR count). The maximum Gasteiger partial charge on any atom is 0.314 e. The molecule has 0 saturated heterocycles. The van der Waals surface area contributed by atoms with Crippen molar-refractivity contribution in [1.82, 2.24) is 10.1 Å². The lowest BCUT2D eigenvalue weighted by molar-refractivity contribution is -0.140. The second kappa shape index (κ2) is 9.83. The maximum absolute atomic E-state index is 11.6. The standard InChI is InChI=1S/C32H29N3O3/c1-21-29(34-28-8-4-7-27(33-28)18-9-22-5-2-3-6-22)30(38-35-21)25-12-10-23(11-13-25)24-14-16-26(17-15-24)32(19-20-32)31(36)37/h4,7-8,10-17,22H,2-3,5-6,19-20H2,1H3,(H,33,34)(H,36,37). The molecule has 2 saturated carbocycles. The first-order valence-corrected chi connectivity index (χ1v) is 13.2. The van der Waals surface area contributed by atoms with Gasteiger partial charge in [-0.3, -0.25) is 4.79 Å². The SMILES string of the molecule is Cc1noc(-c2ccc(-c3ccc(C4(C(=O)O)CC4)cc3)cc2)c1Nc1cccc(C#CC2CCCC2)n1. The molecule has 2 heterocycles. The second-order valence-electron chi connectivity index (χ2n) is 10.3. The average Bonchev–Trinajstić information content (AvgIpc) is 3.45. The molecule has 0 aliphatic heterocycles. The van der Waals surface area contributed by atoms with Crippen LogP contribution in [-0.2, 0) is 10.2 Å². The summed E-state index contributed by atoms with van der Waals surface area (Å²) < 4.78 is 5.70. The van der Waals surface area contributed by atoms with Gasteiger partial charge in [-0.15, -0.1) is 0 Å². The van der Waals surface area contributed by atoms with Crippen LogP contribution in [0.5, 0.6) is 0 Å².